The Bertz CT molecular complexity index is 622. The first kappa shape index (κ1) is 16.4. The van der Waals surface area contributed by atoms with Gasteiger partial charge in [-0.3, -0.25) is 9.69 Å². The molecule has 3 rings (SSSR count). The second-order valence-electron chi connectivity index (χ2n) is 6.16. The maximum Gasteiger partial charge on any atom is 0.220 e. The average molecular weight is 331 g/mol. The van der Waals surface area contributed by atoms with Crippen LogP contribution in [-0.4, -0.2) is 41.5 Å². The van der Waals surface area contributed by atoms with Crippen LogP contribution in [-0.2, 0) is 11.2 Å². The van der Waals surface area contributed by atoms with Crippen molar-refractivity contribution in [1.29, 1.82) is 0 Å². The van der Waals surface area contributed by atoms with Crippen LogP contribution in [0.5, 0.6) is 0 Å². The van der Waals surface area contributed by atoms with Crippen LogP contribution in [0.4, 0.5) is 0 Å². The van der Waals surface area contributed by atoms with Crippen molar-refractivity contribution in [2.45, 2.75) is 45.1 Å². The SMILES string of the molecule is CCN1CCCC1CNC(=O)CCCc1nc2ccccc2s1. The highest BCUT2D eigenvalue weighted by Crippen LogP contribution is 2.22. The van der Waals surface area contributed by atoms with Gasteiger partial charge in [-0.15, -0.1) is 11.3 Å². The summed E-state index contributed by atoms with van der Waals surface area (Å²) in [4.78, 5) is 19.1. The minimum atomic E-state index is 0.175. The van der Waals surface area contributed by atoms with Crippen molar-refractivity contribution in [2.75, 3.05) is 19.6 Å². The number of carbonyl (C=O) groups is 1. The maximum atomic E-state index is 12.0. The first-order valence-corrected chi connectivity index (χ1v) is 9.43. The number of likely N-dealkylation sites (tertiary alicyclic amines) is 1. The maximum absolute atomic E-state index is 12.0. The number of benzene rings is 1. The fourth-order valence-corrected chi connectivity index (χ4v) is 4.30. The molecule has 1 aliphatic rings. The van der Waals surface area contributed by atoms with Gasteiger partial charge in [0.25, 0.3) is 0 Å². The third-order valence-corrected chi connectivity index (χ3v) is 5.67. The molecule has 2 heterocycles. The Kier molecular flexibility index (Phi) is 5.62. The van der Waals surface area contributed by atoms with Gasteiger partial charge in [0.15, 0.2) is 0 Å². The van der Waals surface area contributed by atoms with E-state index in [-0.39, 0.29) is 5.91 Å². The van der Waals surface area contributed by atoms with Gasteiger partial charge in [0, 0.05) is 19.0 Å². The number of nitrogens with one attached hydrogen (secondary N) is 1. The summed E-state index contributed by atoms with van der Waals surface area (Å²) >= 11 is 1.74. The van der Waals surface area contributed by atoms with Crippen LogP contribution >= 0.6 is 11.3 Å². The zero-order chi connectivity index (χ0) is 16.1. The molecule has 1 saturated heterocycles. The van der Waals surface area contributed by atoms with Crippen LogP contribution in [0.2, 0.25) is 0 Å². The van der Waals surface area contributed by atoms with Crippen LogP contribution in [0.25, 0.3) is 10.2 Å². The van der Waals surface area contributed by atoms with Crippen molar-refractivity contribution in [3.8, 4) is 0 Å². The summed E-state index contributed by atoms with van der Waals surface area (Å²) < 4.78 is 1.23. The summed E-state index contributed by atoms with van der Waals surface area (Å²) in [5.74, 6) is 0.175. The molecule has 23 heavy (non-hydrogen) atoms. The zero-order valence-electron chi connectivity index (χ0n) is 13.8. The molecule has 0 aliphatic carbocycles. The molecule has 0 radical (unpaired) electrons. The van der Waals surface area contributed by atoms with Crippen LogP contribution in [0, 0.1) is 0 Å². The van der Waals surface area contributed by atoms with Crippen LogP contribution < -0.4 is 5.32 Å². The van der Waals surface area contributed by atoms with Gasteiger partial charge in [0.2, 0.25) is 5.91 Å². The van der Waals surface area contributed by atoms with E-state index in [1.54, 1.807) is 11.3 Å². The lowest BCUT2D eigenvalue weighted by Crippen LogP contribution is -2.39. The van der Waals surface area contributed by atoms with E-state index in [1.165, 1.54) is 24.1 Å². The molecule has 1 aromatic heterocycles. The molecule has 1 fully saturated rings. The van der Waals surface area contributed by atoms with Crippen molar-refractivity contribution in [2.24, 2.45) is 0 Å². The Morgan fingerprint density at radius 2 is 2.30 bits per heavy atom. The van der Waals surface area contributed by atoms with E-state index < -0.39 is 0 Å². The molecule has 1 atom stereocenters. The number of hydrogen-bond acceptors (Lipinski definition) is 4. The van der Waals surface area contributed by atoms with Gasteiger partial charge < -0.3 is 5.32 Å². The number of aromatic nitrogens is 1. The Labute approximate surface area is 141 Å². The third kappa shape index (κ3) is 4.30. The van der Waals surface area contributed by atoms with Gasteiger partial charge in [0.1, 0.15) is 0 Å². The molecule has 4 nitrogen and oxygen atoms in total. The summed E-state index contributed by atoms with van der Waals surface area (Å²) in [5, 5.41) is 4.24. The van der Waals surface area contributed by atoms with E-state index >= 15 is 0 Å². The average Bonchev–Trinajstić information content (AvgIpc) is 3.18. The number of fused-ring (bicyclic) bond motifs is 1. The molecule has 124 valence electrons. The Hall–Kier alpha value is -1.46. The van der Waals surface area contributed by atoms with E-state index in [4.69, 9.17) is 0 Å². The zero-order valence-corrected chi connectivity index (χ0v) is 14.6. The van der Waals surface area contributed by atoms with Crippen molar-refractivity contribution >= 4 is 27.5 Å². The molecule has 1 aromatic carbocycles. The van der Waals surface area contributed by atoms with Gasteiger partial charge in [-0.1, -0.05) is 19.1 Å². The van der Waals surface area contributed by atoms with Gasteiger partial charge >= 0.3 is 0 Å². The van der Waals surface area contributed by atoms with Crippen LogP contribution in [0.3, 0.4) is 0 Å². The number of thiazole rings is 1. The quantitative estimate of drug-likeness (QED) is 0.847. The number of hydrogen-bond donors (Lipinski definition) is 1. The molecule has 1 amide bonds. The topological polar surface area (TPSA) is 45.2 Å². The van der Waals surface area contributed by atoms with Gasteiger partial charge in [-0.2, -0.15) is 0 Å². The second-order valence-corrected chi connectivity index (χ2v) is 7.27. The van der Waals surface area contributed by atoms with E-state index in [1.807, 2.05) is 18.2 Å². The number of carbonyl (C=O) groups excluding carboxylic acids is 1. The first-order chi connectivity index (χ1) is 11.3. The molecule has 1 aliphatic heterocycles. The number of likely N-dealkylation sites (N-methyl/N-ethyl adjacent to an activating group) is 1. The van der Waals surface area contributed by atoms with Crippen molar-refractivity contribution in [3.05, 3.63) is 29.3 Å². The Morgan fingerprint density at radius 3 is 3.13 bits per heavy atom. The number of nitrogens with zero attached hydrogens (tertiary/aromatic N) is 2. The molecule has 1 unspecified atom stereocenters. The molecule has 0 bridgehead atoms. The van der Waals surface area contributed by atoms with Gasteiger partial charge in [-0.05, 0) is 50.9 Å². The lowest BCUT2D eigenvalue weighted by Gasteiger charge is -2.22. The highest BCUT2D eigenvalue weighted by atomic mass is 32.1. The van der Waals surface area contributed by atoms with Crippen molar-refractivity contribution in [1.82, 2.24) is 15.2 Å². The Morgan fingerprint density at radius 1 is 1.43 bits per heavy atom. The fourth-order valence-electron chi connectivity index (χ4n) is 3.29. The lowest BCUT2D eigenvalue weighted by molar-refractivity contribution is -0.121. The molecular weight excluding hydrogens is 306 g/mol. The Balaban J connectivity index is 1.39. The smallest absolute Gasteiger partial charge is 0.220 e. The second kappa shape index (κ2) is 7.88. The van der Waals surface area contributed by atoms with Crippen molar-refractivity contribution in [3.63, 3.8) is 0 Å². The van der Waals surface area contributed by atoms with E-state index in [0.29, 0.717) is 12.5 Å². The fraction of sp³-hybridized carbons (Fsp3) is 0.556. The standard InChI is InChI=1S/C18H25N3OS/c1-2-21-12-6-7-14(21)13-19-17(22)10-5-11-18-20-15-8-3-4-9-16(15)23-18/h3-4,8-9,14H,2,5-7,10-13H2,1H3,(H,19,22). The molecule has 5 heteroatoms. The predicted molar refractivity (Wildman–Crippen MR) is 95.8 cm³/mol. The number of para-hydroxylation sites is 1. The van der Waals surface area contributed by atoms with Crippen LogP contribution in [0.1, 0.15) is 37.6 Å². The summed E-state index contributed by atoms with van der Waals surface area (Å²) in [6.45, 7) is 5.25. The summed E-state index contributed by atoms with van der Waals surface area (Å²) in [6, 6.07) is 8.74. The largest absolute Gasteiger partial charge is 0.355 e. The predicted octanol–water partition coefficient (Wildman–Crippen LogP) is 3.22. The first-order valence-electron chi connectivity index (χ1n) is 8.61. The van der Waals surface area contributed by atoms with Crippen molar-refractivity contribution < 1.29 is 4.79 Å². The highest BCUT2D eigenvalue weighted by molar-refractivity contribution is 7.18. The van der Waals surface area contributed by atoms with Gasteiger partial charge in [0.05, 0.1) is 15.2 Å². The normalized spacial score (nSPS) is 18.6. The number of amides is 1. The van der Waals surface area contributed by atoms with Gasteiger partial charge in [-0.25, -0.2) is 4.98 Å². The van der Waals surface area contributed by atoms with Crippen LogP contribution in [0.15, 0.2) is 24.3 Å². The summed E-state index contributed by atoms with van der Waals surface area (Å²) in [7, 11) is 0. The summed E-state index contributed by atoms with van der Waals surface area (Å²) in [6.07, 6.45) is 4.81. The monoisotopic (exact) mass is 331 g/mol. The minimum absolute atomic E-state index is 0.175. The molecule has 0 spiro atoms. The minimum Gasteiger partial charge on any atom is -0.355 e. The molecule has 0 saturated carbocycles. The number of rotatable bonds is 7. The lowest BCUT2D eigenvalue weighted by atomic mass is 10.2. The van der Waals surface area contributed by atoms with E-state index in [2.05, 4.69) is 28.2 Å². The highest BCUT2D eigenvalue weighted by Gasteiger charge is 2.22. The van der Waals surface area contributed by atoms with E-state index in [0.717, 1.165) is 36.5 Å². The molecule has 2 aromatic rings. The van der Waals surface area contributed by atoms with E-state index in [9.17, 15) is 4.79 Å². The molecular formula is C18H25N3OS. The number of aryl methyl sites for hydroxylation is 1. The summed E-state index contributed by atoms with van der Waals surface area (Å²) in [5.41, 5.74) is 1.07. The third-order valence-electron chi connectivity index (χ3n) is 4.57. The molecule has 1 N–H and O–H groups in total.